The van der Waals surface area contributed by atoms with Crippen LogP contribution in [0.4, 0.5) is 0 Å². The second-order valence-corrected chi connectivity index (χ2v) is 9.59. The molecule has 0 fully saturated rings. The van der Waals surface area contributed by atoms with E-state index in [9.17, 15) is 9.59 Å². The fourth-order valence-corrected chi connectivity index (χ4v) is 5.24. The highest BCUT2D eigenvalue weighted by Crippen LogP contribution is 2.32. The second kappa shape index (κ2) is 9.71. The number of ether oxygens (including phenoxy) is 3. The van der Waals surface area contributed by atoms with Gasteiger partial charge in [0.25, 0.3) is 0 Å². The van der Waals surface area contributed by atoms with Crippen LogP contribution in [0.1, 0.15) is 32.1 Å². The van der Waals surface area contributed by atoms with E-state index in [1.165, 1.54) is 0 Å². The number of carbonyl (C=O) groups excluding carboxylic acids is 2. The van der Waals surface area contributed by atoms with Crippen LogP contribution in [0.3, 0.4) is 0 Å². The first kappa shape index (κ1) is 23.8. The number of nitrogens with zero attached hydrogens (tertiary/aromatic N) is 1. The maximum Gasteiger partial charge on any atom is 0.339 e. The Morgan fingerprint density at radius 3 is 2.21 bits per heavy atom. The van der Waals surface area contributed by atoms with E-state index in [0.717, 1.165) is 44.4 Å². The molecule has 190 valence electrons. The Balaban J connectivity index is 1.20. The van der Waals surface area contributed by atoms with Gasteiger partial charge in [0.15, 0.2) is 24.2 Å². The molecule has 6 heteroatoms. The number of carbonyl (C=O) groups is 2. The zero-order valence-electron chi connectivity index (χ0n) is 21.3. The van der Waals surface area contributed by atoms with E-state index in [0.29, 0.717) is 24.3 Å². The Hall–Kier alpha value is -4.58. The summed E-state index contributed by atoms with van der Waals surface area (Å²) in [4.78, 5) is 26.5. The van der Waals surface area contributed by atoms with Crippen molar-refractivity contribution in [2.24, 2.45) is 0 Å². The van der Waals surface area contributed by atoms with E-state index < -0.39 is 5.97 Å². The van der Waals surface area contributed by atoms with E-state index in [2.05, 4.69) is 10.6 Å². The number of rotatable bonds is 6. The number of hydrogen-bond donors (Lipinski definition) is 0. The van der Waals surface area contributed by atoms with Gasteiger partial charge in [-0.1, -0.05) is 60.7 Å². The summed E-state index contributed by atoms with van der Waals surface area (Å²) in [6.45, 7) is 4.49. The number of aromatic nitrogens is 1. The van der Waals surface area contributed by atoms with Gasteiger partial charge in [-0.3, -0.25) is 4.79 Å². The third-order valence-electron chi connectivity index (χ3n) is 7.14. The van der Waals surface area contributed by atoms with E-state index in [1.54, 1.807) is 0 Å². The van der Waals surface area contributed by atoms with Gasteiger partial charge in [-0.05, 0) is 59.7 Å². The molecule has 2 heterocycles. The zero-order chi connectivity index (χ0) is 26.2. The number of Topliss-reactive ketones (excluding diaryl/α,β-unsaturated/α-hetero) is 1. The molecule has 6 nitrogen and oxygen atoms in total. The predicted octanol–water partition coefficient (Wildman–Crippen LogP) is 6.29. The lowest BCUT2D eigenvalue weighted by Crippen LogP contribution is -2.33. The van der Waals surface area contributed by atoms with Gasteiger partial charge in [0.1, 0.15) is 6.61 Å². The summed E-state index contributed by atoms with van der Waals surface area (Å²) in [6.07, 6.45) is -0.185. The van der Waals surface area contributed by atoms with E-state index in [4.69, 9.17) is 14.2 Å². The standard InChI is InChI=1S/C32H27NO5/c1-20-15-27(21(2)33(20)17-24-18-36-29-13-7-8-14-30(29)38-24)28(34)19-37-32(35)31-25-11-5-3-9-22(25)16-23-10-4-6-12-26(23)31/h3-16,24H,17-19H2,1-2H3/t24-/m1/s1. The maximum atomic E-state index is 13.3. The van der Waals surface area contributed by atoms with Crippen molar-refractivity contribution in [1.82, 2.24) is 4.57 Å². The van der Waals surface area contributed by atoms with Gasteiger partial charge in [-0.2, -0.15) is 0 Å². The number of para-hydroxylation sites is 2. The first-order valence-corrected chi connectivity index (χ1v) is 12.7. The van der Waals surface area contributed by atoms with Crippen molar-refractivity contribution >= 4 is 33.3 Å². The molecule has 1 aliphatic rings. The van der Waals surface area contributed by atoms with Crippen molar-refractivity contribution in [1.29, 1.82) is 0 Å². The van der Waals surface area contributed by atoms with Gasteiger partial charge >= 0.3 is 5.97 Å². The molecule has 1 atom stereocenters. The van der Waals surface area contributed by atoms with Crippen LogP contribution in [0.25, 0.3) is 21.5 Å². The minimum absolute atomic E-state index is 0.185. The molecule has 0 unspecified atom stereocenters. The normalized spacial score (nSPS) is 14.5. The van der Waals surface area contributed by atoms with Crippen molar-refractivity contribution in [2.75, 3.05) is 13.2 Å². The molecule has 5 aromatic rings. The Labute approximate surface area is 220 Å². The highest BCUT2D eigenvalue weighted by molar-refractivity contribution is 6.17. The third-order valence-corrected chi connectivity index (χ3v) is 7.14. The second-order valence-electron chi connectivity index (χ2n) is 9.59. The van der Waals surface area contributed by atoms with Crippen LogP contribution in [0.2, 0.25) is 0 Å². The molecule has 0 bridgehead atoms. The molecule has 0 amide bonds. The highest BCUT2D eigenvalue weighted by atomic mass is 16.6. The zero-order valence-corrected chi connectivity index (χ0v) is 21.3. The fraction of sp³-hybridized carbons (Fsp3) is 0.188. The largest absolute Gasteiger partial charge is 0.486 e. The van der Waals surface area contributed by atoms with Crippen LogP contribution >= 0.6 is 0 Å². The van der Waals surface area contributed by atoms with Gasteiger partial charge in [0, 0.05) is 17.0 Å². The lowest BCUT2D eigenvalue weighted by molar-refractivity contribution is 0.0478. The highest BCUT2D eigenvalue weighted by Gasteiger charge is 2.25. The van der Waals surface area contributed by atoms with Crippen LogP contribution in [0.15, 0.2) is 84.9 Å². The minimum atomic E-state index is -0.508. The van der Waals surface area contributed by atoms with Crippen LogP contribution < -0.4 is 9.47 Å². The molecule has 0 saturated carbocycles. The molecule has 0 spiro atoms. The summed E-state index contributed by atoms with van der Waals surface area (Å²) in [5.41, 5.74) is 2.75. The van der Waals surface area contributed by atoms with Gasteiger partial charge in [-0.25, -0.2) is 4.79 Å². The summed E-state index contributed by atoms with van der Waals surface area (Å²) < 4.78 is 19.6. The molecule has 1 aromatic heterocycles. The van der Waals surface area contributed by atoms with E-state index >= 15 is 0 Å². The topological polar surface area (TPSA) is 66.8 Å². The van der Waals surface area contributed by atoms with Crippen molar-refractivity contribution < 1.29 is 23.8 Å². The van der Waals surface area contributed by atoms with Crippen molar-refractivity contribution in [3.63, 3.8) is 0 Å². The molecule has 4 aromatic carbocycles. The molecule has 0 aliphatic carbocycles. The summed E-state index contributed by atoms with van der Waals surface area (Å²) in [6, 6.07) is 26.9. The lowest BCUT2D eigenvalue weighted by atomic mass is 9.97. The maximum absolute atomic E-state index is 13.3. The van der Waals surface area contributed by atoms with Crippen LogP contribution in [0.5, 0.6) is 11.5 Å². The van der Waals surface area contributed by atoms with E-state index in [1.807, 2.05) is 92.7 Å². The van der Waals surface area contributed by atoms with Crippen molar-refractivity contribution in [3.8, 4) is 11.5 Å². The number of fused-ring (bicyclic) bond motifs is 3. The molecule has 6 rings (SSSR count). The predicted molar refractivity (Wildman–Crippen MR) is 146 cm³/mol. The minimum Gasteiger partial charge on any atom is -0.486 e. The molecule has 0 saturated heterocycles. The SMILES string of the molecule is Cc1cc(C(=O)COC(=O)c2c3ccccc3cc3ccccc23)c(C)n1C[C@@H]1COc2ccccc2O1. The summed E-state index contributed by atoms with van der Waals surface area (Å²) in [5, 5.41) is 3.50. The monoisotopic (exact) mass is 505 g/mol. The Morgan fingerprint density at radius 2 is 1.50 bits per heavy atom. The number of benzene rings is 4. The van der Waals surface area contributed by atoms with Gasteiger partial charge in [-0.15, -0.1) is 0 Å². The summed E-state index contributed by atoms with van der Waals surface area (Å²) in [5.74, 6) is 0.705. The van der Waals surface area contributed by atoms with Crippen molar-refractivity contribution in [2.45, 2.75) is 26.5 Å². The molecule has 38 heavy (non-hydrogen) atoms. The van der Waals surface area contributed by atoms with E-state index in [-0.39, 0.29) is 18.5 Å². The number of aryl methyl sites for hydroxylation is 1. The lowest BCUT2D eigenvalue weighted by Gasteiger charge is -2.27. The Morgan fingerprint density at radius 1 is 0.868 bits per heavy atom. The quantitative estimate of drug-likeness (QED) is 0.154. The summed E-state index contributed by atoms with van der Waals surface area (Å²) >= 11 is 0. The first-order chi connectivity index (χ1) is 18.5. The van der Waals surface area contributed by atoms with Gasteiger partial charge < -0.3 is 18.8 Å². The van der Waals surface area contributed by atoms with Gasteiger partial charge in [0.2, 0.25) is 5.78 Å². The van der Waals surface area contributed by atoms with Crippen LogP contribution in [-0.2, 0) is 11.3 Å². The average molecular weight is 506 g/mol. The van der Waals surface area contributed by atoms with Crippen LogP contribution in [0, 0.1) is 13.8 Å². The molecular formula is C32H27NO5. The molecule has 0 N–H and O–H groups in total. The first-order valence-electron chi connectivity index (χ1n) is 12.7. The average Bonchev–Trinajstić information content (AvgIpc) is 3.22. The van der Waals surface area contributed by atoms with Gasteiger partial charge in [0.05, 0.1) is 12.1 Å². The van der Waals surface area contributed by atoms with Crippen molar-refractivity contribution in [3.05, 3.63) is 107 Å². The Kier molecular flexibility index (Phi) is 6.08. The molecule has 1 aliphatic heterocycles. The molecular weight excluding hydrogens is 478 g/mol. The smallest absolute Gasteiger partial charge is 0.339 e. The fourth-order valence-electron chi connectivity index (χ4n) is 5.24. The van der Waals surface area contributed by atoms with Crippen LogP contribution in [-0.4, -0.2) is 35.6 Å². The third kappa shape index (κ3) is 4.28. The number of hydrogen-bond acceptors (Lipinski definition) is 5. The number of ketones is 1. The summed E-state index contributed by atoms with van der Waals surface area (Å²) in [7, 11) is 0. The molecule has 0 radical (unpaired) electrons. The Bertz CT molecular complexity index is 1650. The number of esters is 1.